The zero-order valence-electron chi connectivity index (χ0n) is 10.3. The van der Waals surface area contributed by atoms with Crippen LogP contribution in [0.25, 0.3) is 0 Å². The van der Waals surface area contributed by atoms with Crippen LogP contribution in [0.15, 0.2) is 36.9 Å². The molecule has 1 aromatic carbocycles. The molecule has 0 saturated carbocycles. The van der Waals surface area contributed by atoms with E-state index in [-0.39, 0.29) is 0 Å². The second-order valence-corrected chi connectivity index (χ2v) is 3.65. The summed E-state index contributed by atoms with van der Waals surface area (Å²) >= 11 is 0. The summed E-state index contributed by atoms with van der Waals surface area (Å²) in [6.07, 6.45) is 1.79. The number of hydrogen-bond acceptors (Lipinski definition) is 4. The van der Waals surface area contributed by atoms with E-state index >= 15 is 0 Å². The fourth-order valence-corrected chi connectivity index (χ4v) is 1.19. The van der Waals surface area contributed by atoms with Gasteiger partial charge in [0.15, 0.2) is 6.10 Å². The Morgan fingerprint density at radius 3 is 2.72 bits per heavy atom. The molecule has 1 unspecified atom stereocenters. The summed E-state index contributed by atoms with van der Waals surface area (Å²) in [5.41, 5.74) is 0.519. The molecule has 18 heavy (non-hydrogen) atoms. The van der Waals surface area contributed by atoms with Gasteiger partial charge in [0, 0.05) is 0 Å². The summed E-state index contributed by atoms with van der Waals surface area (Å²) in [4.78, 5) is 11.6. The van der Waals surface area contributed by atoms with E-state index in [0.717, 1.165) is 0 Å². The summed E-state index contributed by atoms with van der Waals surface area (Å²) in [5.74, 6) is -0.0538. The highest BCUT2D eigenvalue weighted by molar-refractivity contribution is 5.76. The van der Waals surface area contributed by atoms with Crippen LogP contribution in [0.3, 0.4) is 0 Å². The monoisotopic (exact) mass is 245 g/mol. The van der Waals surface area contributed by atoms with Crippen molar-refractivity contribution in [1.82, 2.24) is 0 Å². The molecule has 0 fully saturated rings. The van der Waals surface area contributed by atoms with Gasteiger partial charge in [-0.15, -0.1) is 6.58 Å². The molecule has 4 heteroatoms. The summed E-state index contributed by atoms with van der Waals surface area (Å²) in [6, 6.07) is 8.32. The van der Waals surface area contributed by atoms with Crippen LogP contribution < -0.4 is 4.74 Å². The summed E-state index contributed by atoms with van der Waals surface area (Å²) in [5, 5.41) is 8.63. The Labute approximate surface area is 106 Å². The fraction of sp³-hybridized carbons (Fsp3) is 0.286. The molecule has 0 bridgehead atoms. The van der Waals surface area contributed by atoms with Gasteiger partial charge in [0.25, 0.3) is 0 Å². The number of rotatable bonds is 6. The molecule has 0 radical (unpaired) electrons. The van der Waals surface area contributed by atoms with E-state index in [4.69, 9.17) is 14.7 Å². The topological polar surface area (TPSA) is 59.3 Å². The maximum atomic E-state index is 11.6. The second-order valence-electron chi connectivity index (χ2n) is 3.65. The van der Waals surface area contributed by atoms with Crippen LogP contribution in [0.1, 0.15) is 18.9 Å². The SMILES string of the molecule is C=CCCOC(C)C(=O)Oc1ccc(C#N)cc1. The quantitative estimate of drug-likeness (QED) is 0.334. The fourth-order valence-electron chi connectivity index (χ4n) is 1.19. The molecule has 0 saturated heterocycles. The maximum Gasteiger partial charge on any atom is 0.340 e. The molecule has 0 aliphatic rings. The lowest BCUT2D eigenvalue weighted by atomic mass is 10.2. The highest BCUT2D eigenvalue weighted by atomic mass is 16.6. The van der Waals surface area contributed by atoms with Crippen LogP contribution in [0.4, 0.5) is 0 Å². The first kappa shape index (κ1) is 13.9. The van der Waals surface area contributed by atoms with E-state index in [1.807, 2.05) is 6.07 Å². The van der Waals surface area contributed by atoms with Crippen LogP contribution in [0, 0.1) is 11.3 Å². The van der Waals surface area contributed by atoms with Crippen LogP contribution in [0.2, 0.25) is 0 Å². The standard InChI is InChI=1S/C14H15NO3/c1-3-4-9-17-11(2)14(16)18-13-7-5-12(10-15)6-8-13/h3,5-8,11H,1,4,9H2,2H3. The Bertz CT molecular complexity index is 445. The van der Waals surface area contributed by atoms with Crippen LogP contribution >= 0.6 is 0 Å². The van der Waals surface area contributed by atoms with Gasteiger partial charge in [0.05, 0.1) is 18.2 Å². The third-order valence-electron chi connectivity index (χ3n) is 2.22. The van der Waals surface area contributed by atoms with Crippen molar-refractivity contribution in [2.45, 2.75) is 19.4 Å². The Morgan fingerprint density at radius 1 is 1.50 bits per heavy atom. The molecule has 0 aromatic heterocycles. The predicted octanol–water partition coefficient (Wildman–Crippen LogP) is 2.44. The molecule has 4 nitrogen and oxygen atoms in total. The highest BCUT2D eigenvalue weighted by Crippen LogP contribution is 2.12. The number of hydrogen-bond donors (Lipinski definition) is 0. The molecule has 0 heterocycles. The van der Waals surface area contributed by atoms with Crippen LogP contribution in [-0.2, 0) is 9.53 Å². The van der Waals surface area contributed by atoms with Gasteiger partial charge >= 0.3 is 5.97 Å². The van der Waals surface area contributed by atoms with Crippen molar-refractivity contribution in [3.05, 3.63) is 42.5 Å². The number of benzene rings is 1. The van der Waals surface area contributed by atoms with E-state index in [9.17, 15) is 4.79 Å². The first-order valence-electron chi connectivity index (χ1n) is 5.61. The Hall–Kier alpha value is -2.12. The molecule has 1 atom stereocenters. The largest absolute Gasteiger partial charge is 0.425 e. The number of carbonyl (C=O) groups excluding carboxylic acids is 1. The smallest absolute Gasteiger partial charge is 0.340 e. The van der Waals surface area contributed by atoms with Gasteiger partial charge < -0.3 is 9.47 Å². The average Bonchev–Trinajstić information content (AvgIpc) is 2.39. The number of ether oxygens (including phenoxy) is 2. The number of nitriles is 1. The van der Waals surface area contributed by atoms with Gasteiger partial charge in [0.1, 0.15) is 5.75 Å². The van der Waals surface area contributed by atoms with Crippen molar-refractivity contribution in [1.29, 1.82) is 5.26 Å². The minimum absolute atomic E-state index is 0.401. The van der Waals surface area contributed by atoms with E-state index in [1.165, 1.54) is 0 Å². The maximum absolute atomic E-state index is 11.6. The Kier molecular flexibility index (Phi) is 5.62. The van der Waals surface area contributed by atoms with Crippen molar-refractivity contribution in [3.63, 3.8) is 0 Å². The summed E-state index contributed by atoms with van der Waals surface area (Å²) < 4.78 is 10.4. The van der Waals surface area contributed by atoms with Crippen molar-refractivity contribution in [2.24, 2.45) is 0 Å². The van der Waals surface area contributed by atoms with Gasteiger partial charge in [-0.25, -0.2) is 4.79 Å². The molecular formula is C14H15NO3. The summed E-state index contributed by atoms with van der Waals surface area (Å²) in [6.45, 7) is 5.64. The normalized spacial score (nSPS) is 11.3. The molecule has 94 valence electrons. The molecule has 0 aliphatic carbocycles. The molecule has 0 spiro atoms. The first-order chi connectivity index (χ1) is 8.67. The van der Waals surface area contributed by atoms with Gasteiger partial charge in [0.2, 0.25) is 0 Å². The third kappa shape index (κ3) is 4.40. The lowest BCUT2D eigenvalue weighted by molar-refractivity contribution is -0.146. The molecule has 0 amide bonds. The highest BCUT2D eigenvalue weighted by Gasteiger charge is 2.15. The second kappa shape index (κ2) is 7.25. The molecular weight excluding hydrogens is 230 g/mol. The molecule has 0 aliphatic heterocycles. The van der Waals surface area contributed by atoms with E-state index in [2.05, 4.69) is 6.58 Å². The molecule has 1 rings (SSSR count). The third-order valence-corrected chi connectivity index (χ3v) is 2.22. The van der Waals surface area contributed by atoms with E-state index in [1.54, 1.807) is 37.3 Å². The van der Waals surface area contributed by atoms with Crippen molar-refractivity contribution in [3.8, 4) is 11.8 Å². The lowest BCUT2D eigenvalue weighted by Crippen LogP contribution is -2.26. The average molecular weight is 245 g/mol. The van der Waals surface area contributed by atoms with Crippen molar-refractivity contribution < 1.29 is 14.3 Å². The van der Waals surface area contributed by atoms with E-state index < -0.39 is 12.1 Å². The lowest BCUT2D eigenvalue weighted by Gasteiger charge is -2.11. The zero-order valence-corrected chi connectivity index (χ0v) is 10.3. The van der Waals surface area contributed by atoms with Crippen molar-refractivity contribution >= 4 is 5.97 Å². The van der Waals surface area contributed by atoms with E-state index in [0.29, 0.717) is 24.3 Å². The minimum atomic E-state index is -0.624. The van der Waals surface area contributed by atoms with Gasteiger partial charge in [-0.05, 0) is 37.6 Å². The number of carbonyl (C=O) groups is 1. The predicted molar refractivity (Wildman–Crippen MR) is 67.0 cm³/mol. The number of nitrogens with zero attached hydrogens (tertiary/aromatic N) is 1. The van der Waals surface area contributed by atoms with Gasteiger partial charge in [-0.1, -0.05) is 6.08 Å². The zero-order chi connectivity index (χ0) is 13.4. The Morgan fingerprint density at radius 2 is 2.17 bits per heavy atom. The van der Waals surface area contributed by atoms with Gasteiger partial charge in [-0.2, -0.15) is 5.26 Å². The van der Waals surface area contributed by atoms with Crippen LogP contribution in [0.5, 0.6) is 5.75 Å². The summed E-state index contributed by atoms with van der Waals surface area (Å²) in [7, 11) is 0. The number of esters is 1. The first-order valence-corrected chi connectivity index (χ1v) is 5.61. The van der Waals surface area contributed by atoms with Gasteiger partial charge in [-0.3, -0.25) is 0 Å². The molecule has 1 aromatic rings. The molecule has 0 N–H and O–H groups in total. The minimum Gasteiger partial charge on any atom is -0.425 e. The van der Waals surface area contributed by atoms with Crippen LogP contribution in [-0.4, -0.2) is 18.7 Å². The van der Waals surface area contributed by atoms with Crippen molar-refractivity contribution in [2.75, 3.05) is 6.61 Å². The Balaban J connectivity index is 2.47.